The first kappa shape index (κ1) is 12.1. The van der Waals surface area contributed by atoms with Crippen molar-refractivity contribution in [3.05, 3.63) is 28.6 Å². The minimum absolute atomic E-state index is 0.270. The molecule has 90 valence electrons. The molecule has 2 rings (SSSR count). The second-order valence-electron chi connectivity index (χ2n) is 3.59. The van der Waals surface area contributed by atoms with E-state index in [0.717, 1.165) is 15.8 Å². The van der Waals surface area contributed by atoms with Crippen molar-refractivity contribution in [1.29, 1.82) is 0 Å². The Balaban J connectivity index is 2.38. The normalized spacial score (nSPS) is 12.5. The molecule has 0 fully saturated rings. The van der Waals surface area contributed by atoms with Gasteiger partial charge in [-0.15, -0.1) is 0 Å². The summed E-state index contributed by atoms with van der Waals surface area (Å²) in [5.74, 6) is 1.64. The number of nitrogens with zero attached hydrogens (tertiary/aromatic N) is 2. The van der Waals surface area contributed by atoms with Gasteiger partial charge in [-0.25, -0.2) is 0 Å². The first-order chi connectivity index (χ1) is 8.11. The zero-order valence-corrected chi connectivity index (χ0v) is 11.1. The lowest BCUT2D eigenvalue weighted by Gasteiger charge is -2.03. The Labute approximate surface area is 107 Å². The monoisotopic (exact) mass is 297 g/mol. The van der Waals surface area contributed by atoms with Crippen molar-refractivity contribution in [3.63, 3.8) is 0 Å². The van der Waals surface area contributed by atoms with Gasteiger partial charge in [0.05, 0.1) is 17.6 Å². The fourth-order valence-corrected chi connectivity index (χ4v) is 1.74. The van der Waals surface area contributed by atoms with E-state index >= 15 is 0 Å². The average molecular weight is 298 g/mol. The second-order valence-corrected chi connectivity index (χ2v) is 4.45. The van der Waals surface area contributed by atoms with Crippen LogP contribution in [0.5, 0.6) is 5.75 Å². The van der Waals surface area contributed by atoms with E-state index < -0.39 is 0 Å². The number of hydrogen-bond donors (Lipinski definition) is 1. The molecule has 2 aromatic rings. The number of hydrogen-bond acceptors (Lipinski definition) is 5. The molecule has 0 saturated heterocycles. The van der Waals surface area contributed by atoms with Gasteiger partial charge in [-0.2, -0.15) is 4.98 Å². The molecule has 1 atom stereocenters. The van der Waals surface area contributed by atoms with Gasteiger partial charge in [0.2, 0.25) is 11.7 Å². The third-order valence-electron chi connectivity index (χ3n) is 2.24. The van der Waals surface area contributed by atoms with E-state index in [2.05, 4.69) is 26.1 Å². The maximum absolute atomic E-state index is 5.66. The summed E-state index contributed by atoms with van der Waals surface area (Å²) in [4.78, 5) is 4.21. The number of benzene rings is 1. The van der Waals surface area contributed by atoms with Gasteiger partial charge in [0.15, 0.2) is 0 Å². The van der Waals surface area contributed by atoms with E-state index in [-0.39, 0.29) is 6.04 Å². The number of halogens is 1. The van der Waals surface area contributed by atoms with Crippen molar-refractivity contribution in [2.75, 3.05) is 7.11 Å². The highest BCUT2D eigenvalue weighted by atomic mass is 79.9. The lowest BCUT2D eigenvalue weighted by atomic mass is 10.2. The van der Waals surface area contributed by atoms with Crippen LogP contribution < -0.4 is 10.5 Å². The van der Waals surface area contributed by atoms with Gasteiger partial charge < -0.3 is 15.0 Å². The Morgan fingerprint density at radius 3 is 2.82 bits per heavy atom. The van der Waals surface area contributed by atoms with Crippen LogP contribution in [-0.4, -0.2) is 17.3 Å². The Morgan fingerprint density at radius 1 is 1.47 bits per heavy atom. The van der Waals surface area contributed by atoms with Crippen LogP contribution in [0, 0.1) is 0 Å². The third kappa shape index (κ3) is 2.48. The molecule has 1 heterocycles. The lowest BCUT2D eigenvalue weighted by molar-refractivity contribution is 0.362. The van der Waals surface area contributed by atoms with Crippen LogP contribution >= 0.6 is 15.9 Å². The molecule has 0 bridgehead atoms. The fourth-order valence-electron chi connectivity index (χ4n) is 1.34. The van der Waals surface area contributed by atoms with Crippen LogP contribution in [0.1, 0.15) is 18.9 Å². The molecule has 0 aliphatic rings. The summed E-state index contributed by atoms with van der Waals surface area (Å²) in [6.45, 7) is 1.79. The van der Waals surface area contributed by atoms with Crippen molar-refractivity contribution >= 4 is 15.9 Å². The van der Waals surface area contributed by atoms with E-state index in [9.17, 15) is 0 Å². The summed E-state index contributed by atoms with van der Waals surface area (Å²) in [6.07, 6.45) is 0. The predicted molar refractivity (Wildman–Crippen MR) is 66.6 cm³/mol. The number of aromatic nitrogens is 2. The van der Waals surface area contributed by atoms with Crippen molar-refractivity contribution < 1.29 is 9.26 Å². The second kappa shape index (κ2) is 4.85. The number of methoxy groups -OCH3 is 1. The zero-order chi connectivity index (χ0) is 12.4. The molecule has 0 radical (unpaired) electrons. The Hall–Kier alpha value is -1.40. The van der Waals surface area contributed by atoms with Crippen LogP contribution in [0.2, 0.25) is 0 Å². The van der Waals surface area contributed by atoms with E-state index in [1.165, 1.54) is 0 Å². The number of ether oxygens (including phenoxy) is 1. The molecule has 0 spiro atoms. The van der Waals surface area contributed by atoms with Crippen LogP contribution in [0.3, 0.4) is 0 Å². The number of rotatable bonds is 3. The average Bonchev–Trinajstić information content (AvgIpc) is 2.79. The largest absolute Gasteiger partial charge is 0.496 e. The first-order valence-corrected chi connectivity index (χ1v) is 5.84. The zero-order valence-electron chi connectivity index (χ0n) is 9.48. The van der Waals surface area contributed by atoms with E-state index in [1.807, 2.05) is 18.2 Å². The van der Waals surface area contributed by atoms with E-state index in [1.54, 1.807) is 14.0 Å². The summed E-state index contributed by atoms with van der Waals surface area (Å²) in [5.41, 5.74) is 6.48. The SMILES string of the molecule is COc1cc(-c2noc([C@H](C)N)n2)ccc1Br. The molecular formula is C11H12BrN3O2. The van der Waals surface area contributed by atoms with Gasteiger partial charge in [0.25, 0.3) is 0 Å². The molecule has 6 heteroatoms. The topological polar surface area (TPSA) is 74.2 Å². The Morgan fingerprint density at radius 2 is 2.24 bits per heavy atom. The van der Waals surface area contributed by atoms with Gasteiger partial charge in [-0.3, -0.25) is 0 Å². The molecule has 2 N–H and O–H groups in total. The molecule has 1 aromatic heterocycles. The maximum Gasteiger partial charge on any atom is 0.243 e. The maximum atomic E-state index is 5.66. The van der Waals surface area contributed by atoms with Crippen molar-refractivity contribution in [3.8, 4) is 17.1 Å². The van der Waals surface area contributed by atoms with Crippen molar-refractivity contribution in [1.82, 2.24) is 10.1 Å². The van der Waals surface area contributed by atoms with E-state index in [4.69, 9.17) is 15.0 Å². The fraction of sp³-hybridized carbons (Fsp3) is 0.273. The quantitative estimate of drug-likeness (QED) is 0.942. The molecule has 17 heavy (non-hydrogen) atoms. The highest BCUT2D eigenvalue weighted by Gasteiger charge is 2.13. The van der Waals surface area contributed by atoms with Crippen LogP contribution in [-0.2, 0) is 0 Å². The molecule has 0 unspecified atom stereocenters. The summed E-state index contributed by atoms with van der Waals surface area (Å²) in [6, 6.07) is 5.31. The molecule has 1 aromatic carbocycles. The summed E-state index contributed by atoms with van der Waals surface area (Å²) in [5, 5.41) is 3.88. The summed E-state index contributed by atoms with van der Waals surface area (Å²) >= 11 is 3.38. The first-order valence-electron chi connectivity index (χ1n) is 5.05. The van der Waals surface area contributed by atoms with Crippen LogP contribution in [0.15, 0.2) is 27.2 Å². The van der Waals surface area contributed by atoms with Crippen LogP contribution in [0.25, 0.3) is 11.4 Å². The van der Waals surface area contributed by atoms with Crippen molar-refractivity contribution in [2.45, 2.75) is 13.0 Å². The Bertz CT molecular complexity index is 525. The van der Waals surface area contributed by atoms with Crippen LogP contribution in [0.4, 0.5) is 0 Å². The van der Waals surface area contributed by atoms with Crippen molar-refractivity contribution in [2.24, 2.45) is 5.73 Å². The van der Waals surface area contributed by atoms with Gasteiger partial charge in [-0.1, -0.05) is 5.16 Å². The minimum Gasteiger partial charge on any atom is -0.496 e. The lowest BCUT2D eigenvalue weighted by Crippen LogP contribution is -2.04. The predicted octanol–water partition coefficient (Wildman–Crippen LogP) is 2.53. The smallest absolute Gasteiger partial charge is 0.243 e. The minimum atomic E-state index is -0.270. The third-order valence-corrected chi connectivity index (χ3v) is 2.90. The highest BCUT2D eigenvalue weighted by molar-refractivity contribution is 9.10. The van der Waals surface area contributed by atoms with Gasteiger partial charge in [0.1, 0.15) is 5.75 Å². The van der Waals surface area contributed by atoms with E-state index in [0.29, 0.717) is 11.7 Å². The standard InChI is InChI=1S/C11H12BrN3O2/c1-6(13)11-14-10(15-17-11)7-3-4-8(12)9(5-7)16-2/h3-6H,13H2,1-2H3/t6-/m0/s1. The molecule has 5 nitrogen and oxygen atoms in total. The van der Waals surface area contributed by atoms with Gasteiger partial charge >= 0.3 is 0 Å². The molecule has 0 aliphatic heterocycles. The molecule has 0 aliphatic carbocycles. The molecule has 0 amide bonds. The summed E-state index contributed by atoms with van der Waals surface area (Å²) in [7, 11) is 1.60. The van der Waals surface area contributed by atoms with Gasteiger partial charge in [-0.05, 0) is 41.1 Å². The van der Waals surface area contributed by atoms with Gasteiger partial charge in [0, 0.05) is 5.56 Å². The summed E-state index contributed by atoms with van der Waals surface area (Å²) < 4.78 is 11.1. The molecule has 0 saturated carbocycles. The Kier molecular flexibility index (Phi) is 3.44. The molecular weight excluding hydrogens is 286 g/mol. The number of nitrogens with two attached hydrogens (primary N) is 1. The highest BCUT2D eigenvalue weighted by Crippen LogP contribution is 2.29.